The van der Waals surface area contributed by atoms with Gasteiger partial charge in [-0.2, -0.15) is 0 Å². The van der Waals surface area contributed by atoms with Gasteiger partial charge in [0, 0.05) is 10.8 Å². The highest BCUT2D eigenvalue weighted by Crippen LogP contribution is 2.36. The summed E-state index contributed by atoms with van der Waals surface area (Å²) in [7, 11) is 1.68. The van der Waals surface area contributed by atoms with Crippen molar-refractivity contribution in [3.8, 4) is 11.5 Å². The molecule has 0 fully saturated rings. The predicted octanol–water partition coefficient (Wildman–Crippen LogP) is 4.48. The number of ether oxygens (including phenoxy) is 2. The molecule has 0 aliphatic carbocycles. The Hall–Kier alpha value is -1.74. The van der Waals surface area contributed by atoms with E-state index in [4.69, 9.17) is 9.47 Å². The Kier molecular flexibility index (Phi) is 6.08. The van der Waals surface area contributed by atoms with Gasteiger partial charge in [0.1, 0.15) is 18.1 Å². The van der Waals surface area contributed by atoms with Crippen LogP contribution in [0.2, 0.25) is 0 Å². The molecule has 3 heteroatoms. The normalized spacial score (nSPS) is 12.4. The number of unbranched alkanes of at least 4 members (excludes halogenated alkanes) is 2. The number of benzene rings is 2. The van der Waals surface area contributed by atoms with Crippen molar-refractivity contribution in [1.82, 2.24) is 0 Å². The van der Waals surface area contributed by atoms with Crippen molar-refractivity contribution in [2.45, 2.75) is 45.6 Å². The second-order valence-corrected chi connectivity index (χ2v) is 5.73. The highest BCUT2D eigenvalue weighted by molar-refractivity contribution is 5.94. The first-order chi connectivity index (χ1) is 10.7. The molecular formula is C19H26O3. The molecule has 22 heavy (non-hydrogen) atoms. The van der Waals surface area contributed by atoms with Gasteiger partial charge in [0.25, 0.3) is 0 Å². The van der Waals surface area contributed by atoms with E-state index in [-0.39, 0.29) is 0 Å². The maximum Gasteiger partial charge on any atom is 0.130 e. The highest BCUT2D eigenvalue weighted by atomic mass is 16.5. The maximum absolute atomic E-state index is 10.1. The van der Waals surface area contributed by atoms with Crippen molar-refractivity contribution >= 4 is 10.8 Å². The summed E-state index contributed by atoms with van der Waals surface area (Å²) in [5.41, 5.74) is 1.02. The first kappa shape index (κ1) is 16.6. The SMILES string of the molecule is CCCCCC(O)COc1c(C)cc(OC)c2ccccc12. The molecule has 2 rings (SSSR count). The summed E-state index contributed by atoms with van der Waals surface area (Å²) in [6.45, 7) is 4.50. The van der Waals surface area contributed by atoms with Gasteiger partial charge in [0.15, 0.2) is 0 Å². The van der Waals surface area contributed by atoms with E-state index in [0.717, 1.165) is 53.5 Å². The number of rotatable bonds is 8. The molecule has 0 radical (unpaired) electrons. The van der Waals surface area contributed by atoms with Crippen molar-refractivity contribution < 1.29 is 14.6 Å². The van der Waals surface area contributed by atoms with Gasteiger partial charge in [-0.15, -0.1) is 0 Å². The monoisotopic (exact) mass is 302 g/mol. The summed E-state index contributed by atoms with van der Waals surface area (Å²) in [6.07, 6.45) is 3.74. The zero-order chi connectivity index (χ0) is 15.9. The molecule has 1 atom stereocenters. The second-order valence-electron chi connectivity index (χ2n) is 5.73. The average Bonchev–Trinajstić information content (AvgIpc) is 2.53. The van der Waals surface area contributed by atoms with Crippen LogP contribution in [0, 0.1) is 6.92 Å². The number of aliphatic hydroxyl groups excluding tert-OH is 1. The summed E-state index contributed by atoms with van der Waals surface area (Å²) >= 11 is 0. The fraction of sp³-hybridized carbons (Fsp3) is 0.474. The zero-order valence-corrected chi connectivity index (χ0v) is 13.8. The molecule has 0 heterocycles. The number of fused-ring (bicyclic) bond motifs is 1. The molecule has 3 nitrogen and oxygen atoms in total. The topological polar surface area (TPSA) is 38.7 Å². The Morgan fingerprint density at radius 3 is 2.55 bits per heavy atom. The first-order valence-corrected chi connectivity index (χ1v) is 8.04. The van der Waals surface area contributed by atoms with Gasteiger partial charge in [0.05, 0.1) is 13.2 Å². The average molecular weight is 302 g/mol. The van der Waals surface area contributed by atoms with Gasteiger partial charge in [-0.05, 0) is 25.0 Å². The molecule has 0 bridgehead atoms. The summed E-state index contributed by atoms with van der Waals surface area (Å²) < 4.78 is 11.4. The molecular weight excluding hydrogens is 276 g/mol. The summed E-state index contributed by atoms with van der Waals surface area (Å²) in [6, 6.07) is 10.0. The fourth-order valence-electron chi connectivity index (χ4n) is 2.70. The van der Waals surface area contributed by atoms with Crippen LogP contribution in [0.4, 0.5) is 0 Å². The van der Waals surface area contributed by atoms with Crippen LogP contribution in [0.15, 0.2) is 30.3 Å². The Morgan fingerprint density at radius 2 is 1.86 bits per heavy atom. The Morgan fingerprint density at radius 1 is 1.14 bits per heavy atom. The lowest BCUT2D eigenvalue weighted by molar-refractivity contribution is 0.0980. The molecule has 0 saturated heterocycles. The lowest BCUT2D eigenvalue weighted by atomic mass is 10.0. The van der Waals surface area contributed by atoms with E-state index in [1.165, 1.54) is 0 Å². The largest absolute Gasteiger partial charge is 0.496 e. The Labute approximate surface area is 132 Å². The van der Waals surface area contributed by atoms with Crippen LogP contribution in [-0.4, -0.2) is 24.9 Å². The molecule has 2 aromatic rings. The van der Waals surface area contributed by atoms with Crippen LogP contribution in [0.25, 0.3) is 10.8 Å². The molecule has 1 N–H and O–H groups in total. The smallest absolute Gasteiger partial charge is 0.130 e. The minimum atomic E-state index is -0.410. The van der Waals surface area contributed by atoms with Crippen LogP contribution >= 0.6 is 0 Å². The standard InChI is InChI=1S/C19H26O3/c1-4-5-6-9-15(20)13-22-19-14(2)12-18(21-3)16-10-7-8-11-17(16)19/h7-8,10-12,15,20H,4-6,9,13H2,1-3H3. The third-order valence-corrected chi connectivity index (χ3v) is 3.92. The molecule has 0 spiro atoms. The van der Waals surface area contributed by atoms with Gasteiger partial charge < -0.3 is 14.6 Å². The van der Waals surface area contributed by atoms with E-state index in [9.17, 15) is 5.11 Å². The molecule has 0 aliphatic heterocycles. The third-order valence-electron chi connectivity index (χ3n) is 3.92. The van der Waals surface area contributed by atoms with Crippen molar-refractivity contribution in [3.05, 3.63) is 35.9 Å². The number of aliphatic hydroxyl groups is 1. The molecule has 0 amide bonds. The maximum atomic E-state index is 10.1. The van der Waals surface area contributed by atoms with Crippen LogP contribution in [-0.2, 0) is 0 Å². The third kappa shape index (κ3) is 3.92. The number of aryl methyl sites for hydroxylation is 1. The van der Waals surface area contributed by atoms with Crippen molar-refractivity contribution in [2.75, 3.05) is 13.7 Å². The predicted molar refractivity (Wildman–Crippen MR) is 90.9 cm³/mol. The van der Waals surface area contributed by atoms with E-state index in [1.54, 1.807) is 7.11 Å². The van der Waals surface area contributed by atoms with Gasteiger partial charge in [-0.3, -0.25) is 0 Å². The van der Waals surface area contributed by atoms with Crippen molar-refractivity contribution in [1.29, 1.82) is 0 Å². The van der Waals surface area contributed by atoms with Crippen LogP contribution in [0.1, 0.15) is 38.2 Å². The highest BCUT2D eigenvalue weighted by Gasteiger charge is 2.13. The van der Waals surface area contributed by atoms with Gasteiger partial charge in [-0.25, -0.2) is 0 Å². The number of methoxy groups -OCH3 is 1. The molecule has 0 aromatic heterocycles. The number of hydrogen-bond acceptors (Lipinski definition) is 3. The fourth-order valence-corrected chi connectivity index (χ4v) is 2.70. The molecule has 1 unspecified atom stereocenters. The Bertz CT molecular complexity index is 607. The lowest BCUT2D eigenvalue weighted by Gasteiger charge is -2.17. The minimum Gasteiger partial charge on any atom is -0.496 e. The van der Waals surface area contributed by atoms with Crippen LogP contribution < -0.4 is 9.47 Å². The summed E-state index contributed by atoms with van der Waals surface area (Å²) in [5, 5.41) is 12.1. The quantitative estimate of drug-likeness (QED) is 0.731. The van der Waals surface area contributed by atoms with E-state index in [1.807, 2.05) is 37.3 Å². The zero-order valence-electron chi connectivity index (χ0n) is 13.8. The van der Waals surface area contributed by atoms with E-state index in [0.29, 0.717) is 6.61 Å². The van der Waals surface area contributed by atoms with Crippen molar-refractivity contribution in [3.63, 3.8) is 0 Å². The molecule has 0 aliphatic rings. The van der Waals surface area contributed by atoms with Gasteiger partial charge in [-0.1, -0.05) is 50.5 Å². The Balaban J connectivity index is 2.15. The lowest BCUT2D eigenvalue weighted by Crippen LogP contribution is -2.17. The first-order valence-electron chi connectivity index (χ1n) is 8.04. The van der Waals surface area contributed by atoms with Gasteiger partial charge >= 0.3 is 0 Å². The van der Waals surface area contributed by atoms with Crippen LogP contribution in [0.3, 0.4) is 0 Å². The van der Waals surface area contributed by atoms with E-state index in [2.05, 4.69) is 6.92 Å². The van der Waals surface area contributed by atoms with E-state index >= 15 is 0 Å². The summed E-state index contributed by atoms with van der Waals surface area (Å²) in [4.78, 5) is 0. The summed E-state index contributed by atoms with van der Waals surface area (Å²) in [5.74, 6) is 1.69. The van der Waals surface area contributed by atoms with Crippen molar-refractivity contribution in [2.24, 2.45) is 0 Å². The molecule has 120 valence electrons. The molecule has 0 saturated carbocycles. The number of hydrogen-bond donors (Lipinski definition) is 1. The van der Waals surface area contributed by atoms with Gasteiger partial charge in [0.2, 0.25) is 0 Å². The second kappa shape index (κ2) is 8.04. The molecule has 2 aromatic carbocycles. The minimum absolute atomic E-state index is 0.334. The van der Waals surface area contributed by atoms with E-state index < -0.39 is 6.10 Å². The van der Waals surface area contributed by atoms with Crippen LogP contribution in [0.5, 0.6) is 11.5 Å².